The molecule has 1 amide bonds. The summed E-state index contributed by atoms with van der Waals surface area (Å²) in [6.07, 6.45) is 10.6. The number of hydrogen-bond donors (Lipinski definition) is 0. The molecule has 2 aromatic rings. The van der Waals surface area contributed by atoms with Gasteiger partial charge in [-0.15, -0.1) is 0 Å². The minimum atomic E-state index is -0.262. The van der Waals surface area contributed by atoms with Crippen molar-refractivity contribution in [3.63, 3.8) is 0 Å². The van der Waals surface area contributed by atoms with Gasteiger partial charge in [0.1, 0.15) is 6.10 Å². The van der Waals surface area contributed by atoms with Gasteiger partial charge in [-0.05, 0) is 41.4 Å². The fourth-order valence-electron chi connectivity index (χ4n) is 5.15. The molecule has 3 unspecified atom stereocenters. The predicted octanol–water partition coefficient (Wildman–Crippen LogP) is 7.03. The van der Waals surface area contributed by atoms with Crippen molar-refractivity contribution in [1.29, 1.82) is 0 Å². The molecule has 0 radical (unpaired) electrons. The van der Waals surface area contributed by atoms with Gasteiger partial charge in [-0.25, -0.2) is 4.79 Å². The van der Waals surface area contributed by atoms with Gasteiger partial charge in [-0.1, -0.05) is 100 Å². The summed E-state index contributed by atoms with van der Waals surface area (Å²) >= 11 is 0. The number of rotatable bonds is 4. The Hall–Kier alpha value is -2.81. The minimum Gasteiger partial charge on any atom is -0.445 e. The molecule has 2 aliphatic rings. The first kappa shape index (κ1) is 21.4. The van der Waals surface area contributed by atoms with Gasteiger partial charge < -0.3 is 4.74 Å². The average Bonchev–Trinajstić information content (AvgIpc) is 2.80. The van der Waals surface area contributed by atoms with E-state index in [9.17, 15) is 4.79 Å². The molecule has 0 spiro atoms. The van der Waals surface area contributed by atoms with Gasteiger partial charge in [0.05, 0.1) is 6.04 Å². The smallest absolute Gasteiger partial charge is 0.414 e. The van der Waals surface area contributed by atoms with Crippen molar-refractivity contribution in [2.75, 3.05) is 0 Å². The third-order valence-corrected chi connectivity index (χ3v) is 7.05. The Labute approximate surface area is 186 Å². The van der Waals surface area contributed by atoms with Crippen molar-refractivity contribution in [2.24, 2.45) is 11.8 Å². The quantitative estimate of drug-likeness (QED) is 0.536. The normalized spacial score (nSPS) is 26.0. The van der Waals surface area contributed by atoms with E-state index in [1.54, 1.807) is 4.90 Å². The van der Waals surface area contributed by atoms with Gasteiger partial charge in [-0.2, -0.15) is 0 Å². The number of nitrogens with zero attached hydrogens (tertiary/aromatic N) is 1. The minimum absolute atomic E-state index is 0.0666. The lowest BCUT2D eigenvalue weighted by Crippen LogP contribution is -2.45. The first-order valence-electron chi connectivity index (χ1n) is 11.4. The van der Waals surface area contributed by atoms with Crippen LogP contribution in [0.15, 0.2) is 85.1 Å². The molecule has 1 heterocycles. The third-order valence-electron chi connectivity index (χ3n) is 7.05. The lowest BCUT2D eigenvalue weighted by Gasteiger charge is -2.44. The van der Waals surface area contributed by atoms with Crippen molar-refractivity contribution in [1.82, 2.24) is 4.90 Å². The van der Waals surface area contributed by atoms with Crippen molar-refractivity contribution in [2.45, 2.75) is 57.6 Å². The third kappa shape index (κ3) is 4.61. The maximum absolute atomic E-state index is 13.4. The van der Waals surface area contributed by atoms with E-state index in [2.05, 4.69) is 63.2 Å². The van der Waals surface area contributed by atoms with E-state index in [4.69, 9.17) is 4.74 Å². The highest BCUT2D eigenvalue weighted by atomic mass is 16.6. The van der Waals surface area contributed by atoms with Gasteiger partial charge >= 0.3 is 6.09 Å². The fourth-order valence-corrected chi connectivity index (χ4v) is 5.15. The monoisotopic (exact) mass is 415 g/mol. The van der Waals surface area contributed by atoms with Crippen LogP contribution >= 0.6 is 0 Å². The number of carbonyl (C=O) groups excluding carboxylic acids is 1. The van der Waals surface area contributed by atoms with Crippen molar-refractivity contribution in [3.05, 3.63) is 96.2 Å². The summed E-state index contributed by atoms with van der Waals surface area (Å²) in [5, 5.41) is 0. The summed E-state index contributed by atoms with van der Waals surface area (Å²) in [4.78, 5) is 15.1. The number of amides is 1. The van der Waals surface area contributed by atoms with Crippen LogP contribution in [-0.2, 0) is 10.2 Å². The molecule has 2 aromatic carbocycles. The Morgan fingerprint density at radius 2 is 1.65 bits per heavy atom. The lowest BCUT2D eigenvalue weighted by molar-refractivity contribution is -0.0158. The molecule has 1 aliphatic carbocycles. The summed E-state index contributed by atoms with van der Waals surface area (Å²) in [5.74, 6) is 0.844. The average molecular weight is 416 g/mol. The van der Waals surface area contributed by atoms with Crippen LogP contribution in [0.2, 0.25) is 0 Å². The molecule has 3 heteroatoms. The molecule has 0 N–H and O–H groups in total. The largest absolute Gasteiger partial charge is 0.445 e. The maximum Gasteiger partial charge on any atom is 0.414 e. The molecule has 1 fully saturated rings. The Morgan fingerprint density at radius 3 is 2.35 bits per heavy atom. The van der Waals surface area contributed by atoms with Gasteiger partial charge in [0, 0.05) is 12.1 Å². The molecule has 31 heavy (non-hydrogen) atoms. The first-order valence-corrected chi connectivity index (χ1v) is 11.4. The predicted molar refractivity (Wildman–Crippen MR) is 126 cm³/mol. The summed E-state index contributed by atoms with van der Waals surface area (Å²) < 4.78 is 6.28. The number of allylic oxidation sites excluding steroid dienone is 2. The zero-order valence-corrected chi connectivity index (χ0v) is 18.8. The molecule has 0 bridgehead atoms. The Bertz CT molecular complexity index is 932. The van der Waals surface area contributed by atoms with E-state index in [0.717, 1.165) is 18.4 Å². The van der Waals surface area contributed by atoms with Gasteiger partial charge in [-0.3, -0.25) is 4.90 Å². The fraction of sp³-hybridized carbons (Fsp3) is 0.393. The van der Waals surface area contributed by atoms with E-state index in [-0.39, 0.29) is 29.6 Å². The van der Waals surface area contributed by atoms with E-state index in [1.165, 1.54) is 12.0 Å². The highest BCUT2D eigenvalue weighted by Crippen LogP contribution is 2.44. The molecule has 162 valence electrons. The molecule has 1 saturated carbocycles. The van der Waals surface area contributed by atoms with Crippen molar-refractivity contribution < 1.29 is 9.53 Å². The molecule has 4 atom stereocenters. The second kappa shape index (κ2) is 9.13. The summed E-state index contributed by atoms with van der Waals surface area (Å²) in [5.41, 5.74) is 2.32. The SMILES string of the molecule is CC1CCC(C(C)(C)c2ccccc2)C(OC(=O)N2C=CC=C[C@H]2c2ccccc2)C1. The van der Waals surface area contributed by atoms with Crippen LogP contribution in [-0.4, -0.2) is 17.1 Å². The van der Waals surface area contributed by atoms with E-state index < -0.39 is 0 Å². The highest BCUT2D eigenvalue weighted by Gasteiger charge is 2.42. The van der Waals surface area contributed by atoms with Crippen LogP contribution in [0.3, 0.4) is 0 Å². The Balaban J connectivity index is 1.56. The van der Waals surface area contributed by atoms with Gasteiger partial charge in [0.15, 0.2) is 0 Å². The number of carbonyl (C=O) groups is 1. The lowest BCUT2D eigenvalue weighted by atomic mass is 9.64. The van der Waals surface area contributed by atoms with Gasteiger partial charge in [0.2, 0.25) is 0 Å². The molecular formula is C28H33NO2. The van der Waals surface area contributed by atoms with Crippen LogP contribution in [0.5, 0.6) is 0 Å². The molecule has 0 saturated heterocycles. The van der Waals surface area contributed by atoms with Crippen LogP contribution in [0, 0.1) is 11.8 Å². The Kier molecular flexibility index (Phi) is 6.31. The number of ether oxygens (including phenoxy) is 1. The molecule has 4 rings (SSSR count). The molecular weight excluding hydrogens is 382 g/mol. The second-order valence-corrected chi connectivity index (χ2v) is 9.52. The second-order valence-electron chi connectivity index (χ2n) is 9.52. The highest BCUT2D eigenvalue weighted by molar-refractivity contribution is 5.71. The number of hydrogen-bond acceptors (Lipinski definition) is 2. The zero-order chi connectivity index (χ0) is 21.8. The summed E-state index contributed by atoms with van der Waals surface area (Å²) in [7, 11) is 0. The van der Waals surface area contributed by atoms with Gasteiger partial charge in [0.25, 0.3) is 0 Å². The summed E-state index contributed by atoms with van der Waals surface area (Å²) in [6.45, 7) is 6.85. The zero-order valence-electron chi connectivity index (χ0n) is 18.8. The van der Waals surface area contributed by atoms with Crippen LogP contribution in [0.4, 0.5) is 4.79 Å². The van der Waals surface area contributed by atoms with Crippen LogP contribution in [0.1, 0.15) is 57.2 Å². The summed E-state index contributed by atoms with van der Waals surface area (Å²) in [6, 6.07) is 20.6. The van der Waals surface area contributed by atoms with Crippen molar-refractivity contribution in [3.8, 4) is 0 Å². The maximum atomic E-state index is 13.4. The topological polar surface area (TPSA) is 29.5 Å². The van der Waals surface area contributed by atoms with Crippen LogP contribution < -0.4 is 0 Å². The van der Waals surface area contributed by atoms with E-state index >= 15 is 0 Å². The standard InChI is InChI=1S/C28H33NO2/c1-21-17-18-24(28(2,3)23-14-8-5-9-15-23)26(20-21)31-27(30)29-19-11-10-16-25(29)22-12-6-4-7-13-22/h4-16,19,21,24-26H,17-18,20H2,1-3H3/t21?,24?,25-,26?/m0/s1. The Morgan fingerprint density at radius 1 is 0.968 bits per heavy atom. The number of benzene rings is 2. The van der Waals surface area contributed by atoms with E-state index in [1.807, 2.05) is 42.6 Å². The van der Waals surface area contributed by atoms with Crippen LogP contribution in [0.25, 0.3) is 0 Å². The molecule has 0 aromatic heterocycles. The van der Waals surface area contributed by atoms with E-state index in [0.29, 0.717) is 5.92 Å². The molecule has 1 aliphatic heterocycles. The molecule has 3 nitrogen and oxygen atoms in total. The first-order chi connectivity index (χ1) is 15.0. The van der Waals surface area contributed by atoms with Crippen molar-refractivity contribution >= 4 is 6.09 Å².